The van der Waals surface area contributed by atoms with Crippen molar-refractivity contribution >= 4 is 17.7 Å². The van der Waals surface area contributed by atoms with Crippen molar-refractivity contribution in [3.05, 3.63) is 30.3 Å². The second kappa shape index (κ2) is 8.63. The Morgan fingerprint density at radius 2 is 0.840 bits per heavy atom. The first-order chi connectivity index (χ1) is 12.4. The number of benzene rings is 1. The molecule has 1 aromatic rings. The second-order valence-corrected chi connectivity index (χ2v) is 19.6. The molecule has 0 aliphatic heterocycles. The Morgan fingerprint density at radius 1 is 0.480 bits per heavy atom. The summed E-state index contributed by atoms with van der Waals surface area (Å²) >= 11 is -2.16. The molecule has 0 saturated heterocycles. The van der Waals surface area contributed by atoms with Crippen molar-refractivity contribution in [3.63, 3.8) is 0 Å². The summed E-state index contributed by atoms with van der Waals surface area (Å²) in [7, 11) is 0. The van der Waals surface area contributed by atoms with Crippen LogP contribution in [0.25, 0.3) is 0 Å². The Kier molecular flexibility index (Phi) is 6.27. The van der Waals surface area contributed by atoms with Gasteiger partial charge in [0, 0.05) is 0 Å². The van der Waals surface area contributed by atoms with Gasteiger partial charge in [-0.15, -0.1) is 0 Å². The average Bonchev–Trinajstić information content (AvgIpc) is 2.72. The van der Waals surface area contributed by atoms with Gasteiger partial charge in [-0.2, -0.15) is 0 Å². The van der Waals surface area contributed by atoms with Crippen LogP contribution in [0.4, 0.5) is 0 Å². The Hall–Kier alpha value is -0.237. The molecule has 0 bridgehead atoms. The average molecular weight is 399 g/mol. The summed E-state index contributed by atoms with van der Waals surface area (Å²) < 4.78 is 5.35. The molecular formula is C24H38Ge. The second-order valence-electron chi connectivity index (χ2n) is 9.30. The molecule has 0 atom stereocenters. The van der Waals surface area contributed by atoms with Crippen molar-refractivity contribution in [2.45, 2.75) is 111 Å². The van der Waals surface area contributed by atoms with Gasteiger partial charge in [0.2, 0.25) is 0 Å². The van der Waals surface area contributed by atoms with E-state index in [1.807, 2.05) is 4.40 Å². The fourth-order valence-corrected chi connectivity index (χ4v) is 24.5. The van der Waals surface area contributed by atoms with Gasteiger partial charge in [-0.3, -0.25) is 0 Å². The molecule has 3 saturated carbocycles. The van der Waals surface area contributed by atoms with Crippen LogP contribution >= 0.6 is 0 Å². The van der Waals surface area contributed by atoms with Crippen LogP contribution in [0, 0.1) is 0 Å². The van der Waals surface area contributed by atoms with Crippen molar-refractivity contribution < 1.29 is 0 Å². The first-order valence-corrected chi connectivity index (χ1v) is 16.2. The predicted octanol–water partition coefficient (Wildman–Crippen LogP) is 7.35. The van der Waals surface area contributed by atoms with Crippen LogP contribution in [0.5, 0.6) is 0 Å². The van der Waals surface area contributed by atoms with Crippen LogP contribution in [0.1, 0.15) is 96.3 Å². The van der Waals surface area contributed by atoms with E-state index in [4.69, 9.17) is 0 Å². The molecule has 0 radical (unpaired) electrons. The summed E-state index contributed by atoms with van der Waals surface area (Å²) in [5.41, 5.74) is 0. The third kappa shape index (κ3) is 3.62. The normalized spacial score (nSPS) is 25.1. The van der Waals surface area contributed by atoms with Crippen molar-refractivity contribution in [1.29, 1.82) is 0 Å². The van der Waals surface area contributed by atoms with Gasteiger partial charge in [0.15, 0.2) is 0 Å². The van der Waals surface area contributed by atoms with E-state index >= 15 is 0 Å². The maximum atomic E-state index is 2.61. The summed E-state index contributed by atoms with van der Waals surface area (Å²) in [6, 6.07) is 12.2. The monoisotopic (exact) mass is 400 g/mol. The third-order valence-electron chi connectivity index (χ3n) is 8.12. The van der Waals surface area contributed by atoms with Gasteiger partial charge < -0.3 is 0 Å². The molecule has 0 amide bonds. The van der Waals surface area contributed by atoms with Crippen LogP contribution in [0.3, 0.4) is 0 Å². The zero-order chi connectivity index (χ0) is 17.0. The van der Waals surface area contributed by atoms with Gasteiger partial charge >= 0.3 is 159 Å². The quantitative estimate of drug-likeness (QED) is 0.465. The number of hydrogen-bond donors (Lipinski definition) is 0. The van der Waals surface area contributed by atoms with E-state index in [2.05, 4.69) is 30.3 Å². The third-order valence-corrected chi connectivity index (χ3v) is 23.1. The van der Waals surface area contributed by atoms with Crippen LogP contribution < -0.4 is 4.40 Å². The molecule has 0 N–H and O–H groups in total. The summed E-state index contributed by atoms with van der Waals surface area (Å²) in [5, 5.41) is 0. The van der Waals surface area contributed by atoms with Crippen molar-refractivity contribution in [1.82, 2.24) is 0 Å². The molecule has 3 aliphatic rings. The fourth-order valence-electron chi connectivity index (χ4n) is 7.17. The van der Waals surface area contributed by atoms with Crippen LogP contribution in [-0.2, 0) is 0 Å². The molecule has 25 heavy (non-hydrogen) atoms. The molecule has 0 heterocycles. The fraction of sp³-hybridized carbons (Fsp3) is 0.750. The zero-order valence-corrected chi connectivity index (χ0v) is 18.3. The van der Waals surface area contributed by atoms with Crippen LogP contribution in [-0.4, -0.2) is 13.3 Å². The Morgan fingerprint density at radius 3 is 1.20 bits per heavy atom. The topological polar surface area (TPSA) is 0 Å². The molecule has 4 rings (SSSR count). The minimum atomic E-state index is -2.16. The van der Waals surface area contributed by atoms with Gasteiger partial charge in [-0.25, -0.2) is 0 Å². The summed E-state index contributed by atoms with van der Waals surface area (Å²) in [5.74, 6) is 0. The molecule has 1 heteroatoms. The molecule has 0 spiro atoms. The molecular weight excluding hydrogens is 361 g/mol. The van der Waals surface area contributed by atoms with E-state index in [1.165, 1.54) is 57.8 Å². The summed E-state index contributed by atoms with van der Waals surface area (Å²) in [4.78, 5) is 0. The maximum absolute atomic E-state index is 2.61. The molecule has 0 aromatic heterocycles. The molecule has 0 unspecified atom stereocenters. The van der Waals surface area contributed by atoms with E-state index in [1.54, 1.807) is 38.5 Å². The predicted molar refractivity (Wildman–Crippen MR) is 112 cm³/mol. The van der Waals surface area contributed by atoms with Gasteiger partial charge in [-0.05, 0) is 0 Å². The first kappa shape index (κ1) is 18.1. The van der Waals surface area contributed by atoms with Crippen molar-refractivity contribution in [2.24, 2.45) is 0 Å². The van der Waals surface area contributed by atoms with Gasteiger partial charge in [0.25, 0.3) is 0 Å². The van der Waals surface area contributed by atoms with E-state index < -0.39 is 13.3 Å². The van der Waals surface area contributed by atoms with Gasteiger partial charge in [0.1, 0.15) is 0 Å². The first-order valence-electron chi connectivity index (χ1n) is 11.5. The standard InChI is InChI=1S/C24H38Ge/c1-5-13-21(14-6-1)25(22-15-7-2-8-16-22,23-17-9-3-10-18-23)24-19-11-4-12-20-24/h1,5-6,13-14,22-24H,2-4,7-12,15-20H2. The van der Waals surface area contributed by atoms with E-state index in [0.717, 1.165) is 14.3 Å². The molecule has 0 nitrogen and oxygen atoms in total. The Labute approximate surface area is 158 Å². The van der Waals surface area contributed by atoms with Gasteiger partial charge in [-0.1, -0.05) is 0 Å². The molecule has 3 fully saturated rings. The number of rotatable bonds is 4. The molecule has 138 valence electrons. The SMILES string of the molecule is c1cc[c]([Ge]([CH]2CCCCC2)([CH]2CCCCC2)[CH]2CCCCC2)cc1. The Bertz CT molecular complexity index is 459. The van der Waals surface area contributed by atoms with Crippen molar-refractivity contribution in [3.8, 4) is 0 Å². The van der Waals surface area contributed by atoms with Crippen LogP contribution in [0.2, 0.25) is 14.3 Å². The number of hydrogen-bond acceptors (Lipinski definition) is 0. The summed E-state index contributed by atoms with van der Waals surface area (Å²) in [6.07, 6.45) is 23.2. The van der Waals surface area contributed by atoms with E-state index in [0.29, 0.717) is 0 Å². The van der Waals surface area contributed by atoms with Crippen molar-refractivity contribution in [2.75, 3.05) is 0 Å². The summed E-state index contributed by atoms with van der Waals surface area (Å²) in [6.45, 7) is 0. The van der Waals surface area contributed by atoms with E-state index in [-0.39, 0.29) is 0 Å². The Balaban J connectivity index is 1.79. The van der Waals surface area contributed by atoms with E-state index in [9.17, 15) is 0 Å². The van der Waals surface area contributed by atoms with Gasteiger partial charge in [0.05, 0.1) is 0 Å². The minimum absolute atomic E-state index is 1.14. The van der Waals surface area contributed by atoms with Crippen LogP contribution in [0.15, 0.2) is 30.3 Å². The molecule has 1 aromatic carbocycles. The molecule has 3 aliphatic carbocycles. The zero-order valence-electron chi connectivity index (χ0n) is 16.2.